The summed E-state index contributed by atoms with van der Waals surface area (Å²) in [6.45, 7) is 3.19. The molecule has 2 aliphatic heterocycles. The van der Waals surface area contributed by atoms with E-state index in [1.54, 1.807) is 0 Å². The highest BCUT2D eigenvalue weighted by atomic mass is 16.5. The number of fused-ring (bicyclic) bond motifs is 2. The third-order valence-corrected chi connectivity index (χ3v) is 5.90. The third kappa shape index (κ3) is 3.18. The predicted molar refractivity (Wildman–Crippen MR) is 110 cm³/mol. The first-order valence-corrected chi connectivity index (χ1v) is 10.1. The van der Waals surface area contributed by atoms with Crippen molar-refractivity contribution in [1.82, 2.24) is 4.90 Å². The molecule has 0 saturated carbocycles. The smallest absolute Gasteiger partial charge is 0.161 e. The van der Waals surface area contributed by atoms with Crippen LogP contribution in [0.15, 0.2) is 54.6 Å². The van der Waals surface area contributed by atoms with Gasteiger partial charge in [-0.05, 0) is 53.9 Å². The maximum absolute atomic E-state index is 10.6. The summed E-state index contributed by atoms with van der Waals surface area (Å²) in [6.07, 6.45) is 3.19. The van der Waals surface area contributed by atoms with Crippen molar-refractivity contribution < 1.29 is 14.6 Å². The summed E-state index contributed by atoms with van der Waals surface area (Å²) in [7, 11) is 0. The topological polar surface area (TPSA) is 41.9 Å². The van der Waals surface area contributed by atoms with Crippen molar-refractivity contribution in [2.45, 2.75) is 31.8 Å². The Morgan fingerprint density at radius 3 is 2.71 bits per heavy atom. The Morgan fingerprint density at radius 2 is 1.79 bits per heavy atom. The number of nitrogens with zero attached hydrogens (tertiary/aromatic N) is 1. The van der Waals surface area contributed by atoms with E-state index in [1.165, 1.54) is 10.9 Å². The predicted octanol–water partition coefficient (Wildman–Crippen LogP) is 5.04. The van der Waals surface area contributed by atoms with Crippen LogP contribution in [0.25, 0.3) is 10.8 Å². The molecule has 4 nitrogen and oxygen atoms in total. The van der Waals surface area contributed by atoms with E-state index in [2.05, 4.69) is 29.2 Å². The van der Waals surface area contributed by atoms with E-state index < -0.39 is 0 Å². The van der Waals surface area contributed by atoms with Gasteiger partial charge in [-0.25, -0.2) is 0 Å². The van der Waals surface area contributed by atoms with Gasteiger partial charge in [-0.15, -0.1) is 0 Å². The Morgan fingerprint density at radius 1 is 0.929 bits per heavy atom. The number of hydrogen-bond acceptors (Lipinski definition) is 4. The quantitative estimate of drug-likeness (QED) is 0.696. The van der Waals surface area contributed by atoms with Gasteiger partial charge in [0.1, 0.15) is 5.75 Å². The van der Waals surface area contributed by atoms with Crippen molar-refractivity contribution >= 4 is 10.8 Å². The summed E-state index contributed by atoms with van der Waals surface area (Å²) in [5.41, 5.74) is 2.28. The van der Waals surface area contributed by atoms with Crippen LogP contribution in [0.2, 0.25) is 0 Å². The fourth-order valence-electron chi connectivity index (χ4n) is 4.47. The number of benzene rings is 3. The van der Waals surface area contributed by atoms with Crippen LogP contribution in [0.5, 0.6) is 17.2 Å². The van der Waals surface area contributed by atoms with E-state index in [1.807, 2.05) is 30.3 Å². The minimum absolute atomic E-state index is 0.329. The fraction of sp³-hybridized carbons (Fsp3) is 0.333. The van der Waals surface area contributed by atoms with Gasteiger partial charge in [0.25, 0.3) is 0 Å². The molecule has 2 heterocycles. The highest BCUT2D eigenvalue weighted by Gasteiger charge is 2.28. The first-order valence-electron chi connectivity index (χ1n) is 10.1. The number of likely N-dealkylation sites (tertiary alicyclic amines) is 1. The SMILES string of the molecule is Oc1ccc2ccccc2c1CN1CCCC1c1ccc2c(c1)OCCCO2. The molecule has 144 valence electrons. The molecule has 3 aromatic carbocycles. The van der Waals surface area contributed by atoms with Crippen LogP contribution >= 0.6 is 0 Å². The Bertz CT molecular complexity index is 1000. The molecule has 28 heavy (non-hydrogen) atoms. The van der Waals surface area contributed by atoms with Gasteiger partial charge in [0.15, 0.2) is 11.5 Å². The van der Waals surface area contributed by atoms with Crippen LogP contribution in [-0.4, -0.2) is 29.8 Å². The van der Waals surface area contributed by atoms with Gasteiger partial charge >= 0.3 is 0 Å². The van der Waals surface area contributed by atoms with Gasteiger partial charge in [-0.2, -0.15) is 0 Å². The molecule has 1 fully saturated rings. The lowest BCUT2D eigenvalue weighted by molar-refractivity contribution is 0.245. The molecule has 3 aromatic rings. The summed E-state index contributed by atoms with van der Waals surface area (Å²) in [6, 6.07) is 18.8. The summed E-state index contributed by atoms with van der Waals surface area (Å²) < 4.78 is 11.7. The van der Waals surface area contributed by atoms with E-state index in [9.17, 15) is 5.11 Å². The van der Waals surface area contributed by atoms with Crippen LogP contribution in [0, 0.1) is 0 Å². The highest BCUT2D eigenvalue weighted by Crippen LogP contribution is 2.40. The highest BCUT2D eigenvalue weighted by molar-refractivity contribution is 5.87. The number of ether oxygens (including phenoxy) is 2. The Labute approximate surface area is 165 Å². The second-order valence-corrected chi connectivity index (χ2v) is 7.67. The average molecular weight is 375 g/mol. The van der Waals surface area contributed by atoms with Gasteiger partial charge in [0.2, 0.25) is 0 Å². The lowest BCUT2D eigenvalue weighted by Gasteiger charge is -2.26. The first kappa shape index (κ1) is 17.4. The Hall–Kier alpha value is -2.72. The van der Waals surface area contributed by atoms with E-state index in [0.717, 1.165) is 54.8 Å². The van der Waals surface area contributed by atoms with Crippen molar-refractivity contribution in [3.8, 4) is 17.2 Å². The second kappa shape index (κ2) is 7.36. The second-order valence-electron chi connectivity index (χ2n) is 7.67. The minimum Gasteiger partial charge on any atom is -0.508 e. The third-order valence-electron chi connectivity index (χ3n) is 5.90. The fourth-order valence-corrected chi connectivity index (χ4v) is 4.47. The number of rotatable bonds is 3. The molecule has 0 aliphatic carbocycles. The normalized spacial score (nSPS) is 19.6. The van der Waals surface area contributed by atoms with E-state index in [4.69, 9.17) is 9.47 Å². The average Bonchev–Trinajstić information content (AvgIpc) is 3.06. The van der Waals surface area contributed by atoms with Crippen LogP contribution < -0.4 is 9.47 Å². The minimum atomic E-state index is 0.329. The molecule has 1 atom stereocenters. The Balaban J connectivity index is 1.46. The van der Waals surface area contributed by atoms with Crippen molar-refractivity contribution in [2.75, 3.05) is 19.8 Å². The number of aromatic hydroxyl groups is 1. The van der Waals surface area contributed by atoms with Crippen LogP contribution in [0.3, 0.4) is 0 Å². The summed E-state index contributed by atoms with van der Waals surface area (Å²) >= 11 is 0. The molecule has 0 radical (unpaired) electrons. The van der Waals surface area contributed by atoms with Gasteiger partial charge in [0.05, 0.1) is 13.2 Å². The maximum Gasteiger partial charge on any atom is 0.161 e. The molecule has 4 heteroatoms. The molecular formula is C24H25NO3. The number of phenolic OH excluding ortho intramolecular Hbond substituents is 1. The van der Waals surface area contributed by atoms with Crippen LogP contribution in [0.4, 0.5) is 0 Å². The molecule has 0 spiro atoms. The van der Waals surface area contributed by atoms with Crippen molar-refractivity contribution in [3.63, 3.8) is 0 Å². The van der Waals surface area contributed by atoms with Crippen molar-refractivity contribution in [3.05, 3.63) is 65.7 Å². The van der Waals surface area contributed by atoms with Crippen LogP contribution in [-0.2, 0) is 6.54 Å². The van der Waals surface area contributed by atoms with Gasteiger partial charge in [0, 0.05) is 24.6 Å². The monoisotopic (exact) mass is 375 g/mol. The zero-order valence-corrected chi connectivity index (χ0v) is 15.9. The molecule has 1 N–H and O–H groups in total. The van der Waals surface area contributed by atoms with Crippen LogP contribution in [0.1, 0.15) is 36.4 Å². The molecule has 0 amide bonds. The molecule has 1 unspecified atom stereocenters. The lowest BCUT2D eigenvalue weighted by atomic mass is 10.0. The number of phenols is 1. The number of hydrogen-bond donors (Lipinski definition) is 1. The zero-order valence-electron chi connectivity index (χ0n) is 15.9. The van der Waals surface area contributed by atoms with E-state index in [-0.39, 0.29) is 0 Å². The van der Waals surface area contributed by atoms with Gasteiger partial charge in [-0.3, -0.25) is 4.90 Å². The summed E-state index contributed by atoms with van der Waals surface area (Å²) in [4.78, 5) is 2.47. The largest absolute Gasteiger partial charge is 0.508 e. The van der Waals surface area contributed by atoms with Crippen molar-refractivity contribution in [2.24, 2.45) is 0 Å². The molecule has 1 saturated heterocycles. The van der Waals surface area contributed by atoms with E-state index in [0.29, 0.717) is 25.0 Å². The van der Waals surface area contributed by atoms with Gasteiger partial charge in [-0.1, -0.05) is 36.4 Å². The van der Waals surface area contributed by atoms with Gasteiger partial charge < -0.3 is 14.6 Å². The standard InChI is InChI=1S/C24H25NO3/c26-22-10-8-17-5-1-2-6-19(17)20(22)16-25-12-3-7-21(25)18-9-11-23-24(15-18)28-14-4-13-27-23/h1-2,5-6,8-11,15,21,26H,3-4,7,12-14,16H2. The molecule has 2 aliphatic rings. The maximum atomic E-state index is 10.6. The van der Waals surface area contributed by atoms with E-state index >= 15 is 0 Å². The summed E-state index contributed by atoms with van der Waals surface area (Å²) in [5.74, 6) is 2.08. The van der Waals surface area contributed by atoms with Crippen molar-refractivity contribution in [1.29, 1.82) is 0 Å². The molecule has 0 aromatic heterocycles. The first-order chi connectivity index (χ1) is 13.8. The lowest BCUT2D eigenvalue weighted by Crippen LogP contribution is -2.23. The molecule has 0 bridgehead atoms. The summed E-state index contributed by atoms with van der Waals surface area (Å²) in [5, 5.41) is 12.9. The zero-order chi connectivity index (χ0) is 18.9. The molecular weight excluding hydrogens is 350 g/mol. The Kier molecular flexibility index (Phi) is 4.57. The molecule has 5 rings (SSSR count).